The number of aromatic nitrogens is 2. The molecule has 2 amide bonds. The maximum Gasteiger partial charge on any atom is 0.236 e. The van der Waals surface area contributed by atoms with Gasteiger partial charge in [0.25, 0.3) is 0 Å². The maximum absolute atomic E-state index is 12.8. The van der Waals surface area contributed by atoms with Crippen molar-refractivity contribution in [3.63, 3.8) is 0 Å². The van der Waals surface area contributed by atoms with Gasteiger partial charge in [-0.2, -0.15) is 5.10 Å². The monoisotopic (exact) mass is 403 g/mol. The summed E-state index contributed by atoms with van der Waals surface area (Å²) in [5.74, 6) is 0.250. The SMILES string of the molecule is Cl.O=C(Cc1cnn(-c2ccccc2)c1)N1CCCC(N2CCNCC2=O)C1. The molecule has 2 saturated heterocycles. The lowest BCUT2D eigenvalue weighted by Gasteiger charge is -2.41. The lowest BCUT2D eigenvalue weighted by Crippen LogP contribution is -2.57. The second kappa shape index (κ2) is 9.21. The largest absolute Gasteiger partial charge is 0.340 e. The number of amides is 2. The summed E-state index contributed by atoms with van der Waals surface area (Å²) in [5.41, 5.74) is 1.88. The molecular formula is C20H26ClN5O2. The van der Waals surface area contributed by atoms with E-state index in [0.29, 0.717) is 19.5 Å². The number of likely N-dealkylation sites (tertiary alicyclic amines) is 1. The first kappa shape index (κ1) is 20.4. The van der Waals surface area contributed by atoms with Crippen LogP contribution in [0.2, 0.25) is 0 Å². The summed E-state index contributed by atoms with van der Waals surface area (Å²) < 4.78 is 1.79. The average Bonchev–Trinajstić information content (AvgIpc) is 3.17. The van der Waals surface area contributed by atoms with Crippen molar-refractivity contribution < 1.29 is 9.59 Å². The second-order valence-corrected chi connectivity index (χ2v) is 7.21. The molecule has 2 fully saturated rings. The van der Waals surface area contributed by atoms with E-state index >= 15 is 0 Å². The third kappa shape index (κ3) is 4.54. The highest BCUT2D eigenvalue weighted by molar-refractivity contribution is 5.85. The summed E-state index contributed by atoms with van der Waals surface area (Å²) in [6, 6.07) is 10.0. The van der Waals surface area contributed by atoms with Crippen molar-refractivity contribution in [3.05, 3.63) is 48.3 Å². The Hall–Kier alpha value is -2.38. The van der Waals surface area contributed by atoms with E-state index in [-0.39, 0.29) is 30.3 Å². The van der Waals surface area contributed by atoms with Crippen molar-refractivity contribution in [2.24, 2.45) is 0 Å². The molecule has 1 N–H and O–H groups in total. The van der Waals surface area contributed by atoms with Crippen LogP contribution in [0.5, 0.6) is 0 Å². The summed E-state index contributed by atoms with van der Waals surface area (Å²) in [7, 11) is 0. The van der Waals surface area contributed by atoms with E-state index in [1.807, 2.05) is 46.3 Å². The molecule has 4 rings (SSSR count). The van der Waals surface area contributed by atoms with Crippen molar-refractivity contribution in [3.8, 4) is 5.69 Å². The number of para-hydroxylation sites is 1. The third-order valence-corrected chi connectivity index (χ3v) is 5.33. The molecule has 1 atom stereocenters. The molecule has 0 spiro atoms. The maximum atomic E-state index is 12.8. The van der Waals surface area contributed by atoms with Crippen LogP contribution in [0.15, 0.2) is 42.7 Å². The van der Waals surface area contributed by atoms with E-state index in [1.165, 1.54) is 0 Å². The standard InChI is InChI=1S/C20H25N5O2.ClH/c26-19(11-16-12-22-25(14-16)17-5-2-1-3-6-17)23-9-4-7-18(15-23)24-10-8-21-13-20(24)27;/h1-3,5-6,12,14,18,21H,4,7-11,13,15H2;1H. The third-order valence-electron chi connectivity index (χ3n) is 5.33. The molecule has 2 aliphatic rings. The van der Waals surface area contributed by atoms with E-state index in [1.54, 1.807) is 10.9 Å². The highest BCUT2D eigenvalue weighted by Crippen LogP contribution is 2.18. The zero-order chi connectivity index (χ0) is 18.6. The van der Waals surface area contributed by atoms with Gasteiger partial charge in [-0.15, -0.1) is 12.4 Å². The van der Waals surface area contributed by atoms with Crippen molar-refractivity contribution >= 4 is 24.2 Å². The zero-order valence-electron chi connectivity index (χ0n) is 15.8. The van der Waals surface area contributed by atoms with Crippen molar-refractivity contribution in [1.82, 2.24) is 24.9 Å². The topological polar surface area (TPSA) is 70.5 Å². The van der Waals surface area contributed by atoms with Gasteiger partial charge in [0, 0.05) is 38.4 Å². The lowest BCUT2D eigenvalue weighted by molar-refractivity contribution is -0.140. The van der Waals surface area contributed by atoms with Crippen LogP contribution < -0.4 is 5.32 Å². The molecule has 7 nitrogen and oxygen atoms in total. The van der Waals surface area contributed by atoms with Crippen LogP contribution in [0.3, 0.4) is 0 Å². The van der Waals surface area contributed by atoms with Crippen LogP contribution in [-0.2, 0) is 16.0 Å². The van der Waals surface area contributed by atoms with Gasteiger partial charge in [-0.25, -0.2) is 4.68 Å². The van der Waals surface area contributed by atoms with Gasteiger partial charge in [-0.05, 0) is 30.5 Å². The predicted molar refractivity (Wildman–Crippen MR) is 109 cm³/mol. The summed E-state index contributed by atoms with van der Waals surface area (Å²) in [4.78, 5) is 28.8. The number of rotatable bonds is 4. The summed E-state index contributed by atoms with van der Waals surface area (Å²) >= 11 is 0. The molecule has 0 bridgehead atoms. The molecule has 1 aromatic heterocycles. The van der Waals surface area contributed by atoms with Gasteiger partial charge in [-0.1, -0.05) is 18.2 Å². The number of nitrogens with one attached hydrogen (secondary N) is 1. The molecule has 0 aliphatic carbocycles. The number of nitrogens with zero attached hydrogens (tertiary/aromatic N) is 4. The van der Waals surface area contributed by atoms with Gasteiger partial charge in [0.2, 0.25) is 11.8 Å². The molecule has 1 unspecified atom stereocenters. The second-order valence-electron chi connectivity index (χ2n) is 7.21. The van der Waals surface area contributed by atoms with E-state index in [4.69, 9.17) is 0 Å². The van der Waals surface area contributed by atoms with Crippen molar-refractivity contribution in [1.29, 1.82) is 0 Å². The Morgan fingerprint density at radius 3 is 2.82 bits per heavy atom. The van der Waals surface area contributed by atoms with Gasteiger partial charge in [0.1, 0.15) is 0 Å². The molecule has 28 heavy (non-hydrogen) atoms. The zero-order valence-corrected chi connectivity index (χ0v) is 16.6. The smallest absolute Gasteiger partial charge is 0.236 e. The molecule has 2 aliphatic heterocycles. The molecular weight excluding hydrogens is 378 g/mol. The highest BCUT2D eigenvalue weighted by atomic mass is 35.5. The number of hydrogen-bond acceptors (Lipinski definition) is 4. The minimum absolute atomic E-state index is 0. The first-order chi connectivity index (χ1) is 13.2. The van der Waals surface area contributed by atoms with Gasteiger partial charge in [0.15, 0.2) is 0 Å². The Kier molecular flexibility index (Phi) is 6.70. The molecule has 0 radical (unpaired) electrons. The van der Waals surface area contributed by atoms with Crippen LogP contribution in [-0.4, -0.2) is 70.2 Å². The van der Waals surface area contributed by atoms with Gasteiger partial charge < -0.3 is 15.1 Å². The number of carbonyl (C=O) groups excluding carboxylic acids is 2. The van der Waals surface area contributed by atoms with E-state index in [9.17, 15) is 9.59 Å². The van der Waals surface area contributed by atoms with Gasteiger partial charge in [0.05, 0.1) is 24.8 Å². The minimum atomic E-state index is 0. The fourth-order valence-corrected chi connectivity index (χ4v) is 3.90. The van der Waals surface area contributed by atoms with E-state index < -0.39 is 0 Å². The molecule has 3 heterocycles. The Bertz CT molecular complexity index is 810. The van der Waals surface area contributed by atoms with Crippen molar-refractivity contribution in [2.45, 2.75) is 25.3 Å². The Morgan fingerprint density at radius 2 is 2.04 bits per heavy atom. The molecule has 1 aromatic carbocycles. The highest BCUT2D eigenvalue weighted by Gasteiger charge is 2.31. The first-order valence-corrected chi connectivity index (χ1v) is 9.57. The average molecular weight is 404 g/mol. The summed E-state index contributed by atoms with van der Waals surface area (Å²) in [5, 5.41) is 7.47. The van der Waals surface area contributed by atoms with Crippen molar-refractivity contribution in [2.75, 3.05) is 32.7 Å². The molecule has 8 heteroatoms. The summed E-state index contributed by atoms with van der Waals surface area (Å²) in [6.45, 7) is 3.37. The molecule has 150 valence electrons. The number of benzene rings is 1. The number of piperidine rings is 1. The fourth-order valence-electron chi connectivity index (χ4n) is 3.90. The first-order valence-electron chi connectivity index (χ1n) is 9.57. The van der Waals surface area contributed by atoms with Crippen LogP contribution in [0.25, 0.3) is 5.69 Å². The number of hydrogen-bond donors (Lipinski definition) is 1. The molecule has 0 saturated carbocycles. The number of halogens is 1. The van der Waals surface area contributed by atoms with Crippen LogP contribution in [0.4, 0.5) is 0 Å². The van der Waals surface area contributed by atoms with E-state index in [0.717, 1.165) is 43.7 Å². The van der Waals surface area contributed by atoms with Crippen LogP contribution in [0, 0.1) is 0 Å². The van der Waals surface area contributed by atoms with Gasteiger partial charge >= 0.3 is 0 Å². The lowest BCUT2D eigenvalue weighted by atomic mass is 10.0. The minimum Gasteiger partial charge on any atom is -0.340 e. The number of piperazine rings is 1. The van der Waals surface area contributed by atoms with E-state index in [2.05, 4.69) is 10.4 Å². The normalized spacial score (nSPS) is 20.0. The van der Waals surface area contributed by atoms with Gasteiger partial charge in [-0.3, -0.25) is 9.59 Å². The fraction of sp³-hybridized carbons (Fsp3) is 0.450. The molecule has 2 aromatic rings. The predicted octanol–water partition coefficient (Wildman–Crippen LogP) is 1.26. The summed E-state index contributed by atoms with van der Waals surface area (Å²) in [6.07, 6.45) is 5.92. The number of carbonyl (C=O) groups is 2. The Balaban J connectivity index is 0.00000225. The Labute approximate surface area is 171 Å². The Morgan fingerprint density at radius 1 is 1.21 bits per heavy atom. The van der Waals surface area contributed by atoms with Crippen LogP contribution in [0.1, 0.15) is 18.4 Å². The quantitative estimate of drug-likeness (QED) is 0.834. The van der Waals surface area contributed by atoms with Crippen LogP contribution >= 0.6 is 12.4 Å².